The summed E-state index contributed by atoms with van der Waals surface area (Å²) >= 11 is 0. The van der Waals surface area contributed by atoms with Crippen molar-refractivity contribution in [2.45, 2.75) is 236 Å². The minimum atomic E-state index is -1.82. The molecule has 20 heteroatoms. The summed E-state index contributed by atoms with van der Waals surface area (Å²) in [6.07, 6.45) is -17.9. The largest absolute Gasteiger partial charge is 0.481 e. The molecule has 412 valence electrons. The van der Waals surface area contributed by atoms with E-state index in [0.717, 1.165) is 44.9 Å². The maximum atomic E-state index is 13.2. The van der Waals surface area contributed by atoms with Gasteiger partial charge in [-0.15, -0.1) is 0 Å². The molecule has 0 aromatic heterocycles. The second-order valence-electron chi connectivity index (χ2n) is 25.4. The number of carboxylic acids is 1. The molecule has 0 bridgehead atoms. The molecule has 20 nitrogen and oxygen atoms in total. The van der Waals surface area contributed by atoms with E-state index in [1.165, 1.54) is 12.5 Å². The highest BCUT2D eigenvalue weighted by atomic mass is 16.8. The minimum absolute atomic E-state index is 0.000712. The van der Waals surface area contributed by atoms with Crippen molar-refractivity contribution in [1.82, 2.24) is 0 Å². The van der Waals surface area contributed by atoms with Crippen molar-refractivity contribution in [3.8, 4) is 0 Å². The molecule has 26 atom stereocenters. The fraction of sp³-hybridized carbons (Fsp3) is 0.942. The first-order chi connectivity index (χ1) is 33.7. The number of hydrogen-bond donors (Lipinski definition) is 11. The van der Waals surface area contributed by atoms with Crippen LogP contribution >= 0.6 is 0 Å². The van der Waals surface area contributed by atoms with Gasteiger partial charge in [0.2, 0.25) is 0 Å². The lowest BCUT2D eigenvalue weighted by molar-refractivity contribution is -0.388. The lowest BCUT2D eigenvalue weighted by Gasteiger charge is -2.71. The van der Waals surface area contributed by atoms with Gasteiger partial charge in [0.15, 0.2) is 25.2 Å². The number of aliphatic hydroxyl groups is 10. The molecule has 8 fully saturated rings. The molecule has 0 radical (unpaired) electrons. The first-order valence-electron chi connectivity index (χ1n) is 26.5. The highest BCUT2D eigenvalue weighted by Gasteiger charge is 2.70. The van der Waals surface area contributed by atoms with Gasteiger partial charge in [0.25, 0.3) is 0 Å². The molecule has 9 rings (SSSR count). The monoisotopic (exact) mass is 1030 g/mol. The van der Waals surface area contributed by atoms with Gasteiger partial charge in [-0.25, -0.2) is 0 Å². The SMILES string of the molecule is C[C@@H]1O[C@@H](O[C@@H]2C(O[C@H]3CC[C@@]4(C)C(CC[C@]5(C)C4CC=C4C6CC(C)(C)CC[C@]6(C(=O)O)CC[C@]45C)C3(C)C)OC[C@@H](OC3O[C@H](CO)[C@@H](O)[C@H](O)[C@H]3O)[C@H]2O)[C@H](O)[C@H](O[C@@H]2OC[C@@H](O)[C@@H](O)[C@@H]2O)[C@H]1O. The molecular weight excluding hydrogens is 945 g/mol. The first kappa shape index (κ1) is 55.3. The predicted octanol–water partition coefficient (Wildman–Crippen LogP) is 0.836. The van der Waals surface area contributed by atoms with E-state index in [4.69, 9.17) is 37.9 Å². The molecule has 9 aliphatic rings. The van der Waals surface area contributed by atoms with Crippen molar-refractivity contribution in [3.05, 3.63) is 11.6 Å². The zero-order chi connectivity index (χ0) is 52.4. The summed E-state index contributed by atoms with van der Waals surface area (Å²) in [5.41, 5.74) is -0.167. The van der Waals surface area contributed by atoms with Crippen LogP contribution in [-0.2, 0) is 42.7 Å². The second-order valence-corrected chi connectivity index (χ2v) is 25.4. The highest BCUT2D eigenvalue weighted by Crippen LogP contribution is 2.76. The van der Waals surface area contributed by atoms with E-state index in [9.17, 15) is 61.0 Å². The van der Waals surface area contributed by atoms with Crippen molar-refractivity contribution in [2.75, 3.05) is 19.8 Å². The molecule has 0 amide bonds. The van der Waals surface area contributed by atoms with Crippen LogP contribution in [0.15, 0.2) is 11.6 Å². The van der Waals surface area contributed by atoms with E-state index < -0.39 is 147 Å². The Labute approximate surface area is 421 Å². The average molecular weight is 1030 g/mol. The van der Waals surface area contributed by atoms with Crippen molar-refractivity contribution in [3.63, 3.8) is 0 Å². The van der Waals surface area contributed by atoms with E-state index in [1.807, 2.05) is 0 Å². The van der Waals surface area contributed by atoms with Gasteiger partial charge in [-0.2, -0.15) is 0 Å². The molecular formula is C52H84O20. The molecule has 4 aliphatic heterocycles. The van der Waals surface area contributed by atoms with Crippen molar-refractivity contribution in [1.29, 1.82) is 0 Å². The number of carbonyl (C=O) groups is 1. The Hall–Kier alpha value is -1.51. The van der Waals surface area contributed by atoms with Crippen LogP contribution in [0.1, 0.15) is 120 Å². The normalized spacial score (nSPS) is 54.3. The molecule has 11 N–H and O–H groups in total. The number of allylic oxidation sites excluding steroid dienone is 2. The van der Waals surface area contributed by atoms with Gasteiger partial charge in [-0.3, -0.25) is 4.79 Å². The number of carboxylic acid groups (broad SMARTS) is 1. The van der Waals surface area contributed by atoms with Crippen LogP contribution in [0.5, 0.6) is 0 Å². The molecule has 4 heterocycles. The highest BCUT2D eigenvalue weighted by molar-refractivity contribution is 5.76. The number of aliphatic hydroxyl groups excluding tert-OH is 10. The van der Waals surface area contributed by atoms with Gasteiger partial charge in [0, 0.05) is 0 Å². The first-order valence-corrected chi connectivity index (χ1v) is 26.5. The quantitative estimate of drug-likeness (QED) is 0.107. The fourth-order valence-electron chi connectivity index (χ4n) is 16.0. The molecule has 5 aliphatic carbocycles. The summed E-state index contributed by atoms with van der Waals surface area (Å²) in [5, 5.41) is 119. The van der Waals surface area contributed by atoms with Crippen molar-refractivity contribution < 1.29 is 98.9 Å². The fourth-order valence-corrected chi connectivity index (χ4v) is 16.0. The van der Waals surface area contributed by atoms with Gasteiger partial charge in [-0.05, 0) is 116 Å². The van der Waals surface area contributed by atoms with Gasteiger partial charge in [0.05, 0.1) is 37.4 Å². The number of rotatable bonds is 10. The topological polar surface area (TPSA) is 313 Å². The Balaban J connectivity index is 0.969. The standard InChI is InChI=1S/C52H84O20/c1-23-32(55)40(71-42-37(60)33(56)26(54)21-65-42)39(62)44(67-23)72-41-35(58)28(69-43-38(61)36(59)34(57)27(20-53)68-43)22-66-45(41)70-31-12-13-49(6)29(48(31,4)5)11-14-51(8)30(49)10-9-24-25-19-47(2,3)15-17-52(25,46(63)64)18-16-50(24,51)7/h9,23,25-45,53-62H,10-22H2,1-8H3,(H,63,64)/t23-,25?,26+,27+,28+,29?,30?,31-,32-,33+,34+,35+,36-,37-,38+,39+,40+,41-,42-,43?,44-,45?,49-,50+,51+,52-/m0/s1. The zero-order valence-electron chi connectivity index (χ0n) is 43.1. The van der Waals surface area contributed by atoms with E-state index >= 15 is 0 Å². The van der Waals surface area contributed by atoms with E-state index in [0.29, 0.717) is 25.2 Å². The maximum Gasteiger partial charge on any atom is 0.310 e. The smallest absolute Gasteiger partial charge is 0.310 e. The van der Waals surface area contributed by atoms with Crippen LogP contribution in [0.25, 0.3) is 0 Å². The number of hydrogen-bond acceptors (Lipinski definition) is 19. The second kappa shape index (κ2) is 19.7. The molecule has 4 saturated heterocycles. The van der Waals surface area contributed by atoms with Crippen LogP contribution in [0.4, 0.5) is 0 Å². The summed E-state index contributed by atoms with van der Waals surface area (Å²) in [6.45, 7) is 16.3. The molecule has 0 spiro atoms. The Morgan fingerprint density at radius 3 is 1.99 bits per heavy atom. The molecule has 0 aromatic rings. The Kier molecular flexibility index (Phi) is 15.2. The minimum Gasteiger partial charge on any atom is -0.481 e. The van der Waals surface area contributed by atoms with Crippen LogP contribution in [-0.4, -0.2) is 199 Å². The third kappa shape index (κ3) is 8.87. The van der Waals surface area contributed by atoms with Gasteiger partial charge >= 0.3 is 5.97 Å². The third-order valence-corrected chi connectivity index (χ3v) is 20.7. The van der Waals surface area contributed by atoms with E-state index in [-0.39, 0.29) is 40.1 Å². The summed E-state index contributed by atoms with van der Waals surface area (Å²) < 4.78 is 48.7. The van der Waals surface area contributed by atoms with Crippen molar-refractivity contribution >= 4 is 5.97 Å². The number of ether oxygens (including phenoxy) is 8. The maximum absolute atomic E-state index is 13.2. The van der Waals surface area contributed by atoms with Crippen LogP contribution < -0.4 is 0 Å². The van der Waals surface area contributed by atoms with E-state index in [1.54, 1.807) is 0 Å². The Morgan fingerprint density at radius 2 is 1.29 bits per heavy atom. The van der Waals surface area contributed by atoms with Crippen molar-refractivity contribution in [2.24, 2.45) is 50.2 Å². The summed E-state index contributed by atoms with van der Waals surface area (Å²) in [4.78, 5) is 13.2. The number of aliphatic carboxylic acids is 1. The predicted molar refractivity (Wildman–Crippen MR) is 250 cm³/mol. The summed E-state index contributed by atoms with van der Waals surface area (Å²) in [6, 6.07) is 0. The van der Waals surface area contributed by atoms with Gasteiger partial charge in [0.1, 0.15) is 79.4 Å². The lowest BCUT2D eigenvalue weighted by atomic mass is 9.33. The Bertz CT molecular complexity index is 1990. The Morgan fingerprint density at radius 1 is 0.639 bits per heavy atom. The molecule has 72 heavy (non-hydrogen) atoms. The van der Waals surface area contributed by atoms with Gasteiger partial charge < -0.3 is 94.1 Å². The lowest BCUT2D eigenvalue weighted by Crippen LogP contribution is -2.67. The third-order valence-electron chi connectivity index (χ3n) is 20.7. The summed E-state index contributed by atoms with van der Waals surface area (Å²) in [5.74, 6) is -0.177. The molecule has 4 saturated carbocycles. The number of fused-ring (bicyclic) bond motifs is 7. The van der Waals surface area contributed by atoms with Crippen LogP contribution in [0.3, 0.4) is 0 Å². The summed E-state index contributed by atoms with van der Waals surface area (Å²) in [7, 11) is 0. The zero-order valence-corrected chi connectivity index (χ0v) is 43.1. The average Bonchev–Trinajstić information content (AvgIpc) is 3.32. The molecule has 5 unspecified atom stereocenters. The van der Waals surface area contributed by atoms with E-state index in [2.05, 4.69) is 54.5 Å². The van der Waals surface area contributed by atoms with Gasteiger partial charge in [-0.1, -0.05) is 60.1 Å². The van der Waals surface area contributed by atoms with Crippen LogP contribution in [0.2, 0.25) is 0 Å². The molecule has 0 aromatic carbocycles. The van der Waals surface area contributed by atoms with Crippen LogP contribution in [0, 0.1) is 50.2 Å².